The summed E-state index contributed by atoms with van der Waals surface area (Å²) in [6.45, 7) is 0. The van der Waals surface area contributed by atoms with Crippen molar-refractivity contribution in [1.29, 1.82) is 0 Å². The fourth-order valence-corrected chi connectivity index (χ4v) is 9.99. The Labute approximate surface area is 355 Å². The van der Waals surface area contributed by atoms with Gasteiger partial charge >= 0.3 is 0 Å². The Morgan fingerprint density at radius 1 is 0.230 bits per heavy atom. The van der Waals surface area contributed by atoms with Gasteiger partial charge in [0.1, 0.15) is 0 Å². The zero-order valence-corrected chi connectivity index (χ0v) is 33.2. The first-order valence-electron chi connectivity index (χ1n) is 20.9. The van der Waals surface area contributed by atoms with E-state index in [-0.39, 0.29) is 0 Å². The smallest absolute Gasteiger partial charge is 0.164 e. The van der Waals surface area contributed by atoms with Gasteiger partial charge in [-0.15, -0.1) is 0 Å². The van der Waals surface area contributed by atoms with Crippen LogP contribution in [0.2, 0.25) is 0 Å². The van der Waals surface area contributed by atoms with Crippen molar-refractivity contribution in [3.8, 4) is 89.8 Å². The number of benzene rings is 9. The number of hydrogen-bond acceptors (Lipinski definition) is 3. The lowest BCUT2D eigenvalue weighted by molar-refractivity contribution is 0.796. The van der Waals surface area contributed by atoms with E-state index in [1.807, 2.05) is 30.3 Å². The maximum atomic E-state index is 5.20. The first kappa shape index (κ1) is 35.0. The van der Waals surface area contributed by atoms with Crippen LogP contribution in [0.1, 0.15) is 22.3 Å². The van der Waals surface area contributed by atoms with E-state index >= 15 is 0 Å². The number of aromatic nitrogens is 3. The van der Waals surface area contributed by atoms with Gasteiger partial charge in [-0.3, -0.25) is 0 Å². The largest absolute Gasteiger partial charge is 0.208 e. The number of nitrogens with zero attached hydrogens (tertiary/aromatic N) is 3. The average molecular weight is 776 g/mol. The molecule has 9 aromatic carbocycles. The van der Waals surface area contributed by atoms with Gasteiger partial charge in [-0.05, 0) is 90.0 Å². The second-order valence-electron chi connectivity index (χ2n) is 15.9. The molecule has 1 aromatic heterocycles. The van der Waals surface area contributed by atoms with Crippen LogP contribution in [0.5, 0.6) is 0 Å². The highest BCUT2D eigenvalue weighted by Gasteiger charge is 2.52. The molecule has 3 nitrogen and oxygen atoms in total. The van der Waals surface area contributed by atoms with Gasteiger partial charge in [-0.1, -0.05) is 212 Å². The Hall–Kier alpha value is -8.01. The highest BCUT2D eigenvalue weighted by molar-refractivity contribution is 5.99. The minimum atomic E-state index is -0.433. The normalized spacial score (nSPS) is 12.7. The highest BCUT2D eigenvalue weighted by Crippen LogP contribution is 2.64. The maximum Gasteiger partial charge on any atom is 0.164 e. The van der Waals surface area contributed by atoms with Crippen molar-refractivity contribution in [3.63, 3.8) is 0 Å². The molecular weight excluding hydrogens is 739 g/mol. The van der Waals surface area contributed by atoms with E-state index in [0.717, 1.165) is 38.9 Å². The van der Waals surface area contributed by atoms with Crippen LogP contribution in [0.4, 0.5) is 0 Å². The molecular formula is C58H37N3. The third-order valence-electron chi connectivity index (χ3n) is 12.6. The van der Waals surface area contributed by atoms with Gasteiger partial charge in [0, 0.05) is 16.7 Å². The summed E-state index contributed by atoms with van der Waals surface area (Å²) in [4.78, 5) is 15.4. The fourth-order valence-electron chi connectivity index (χ4n) is 9.99. The van der Waals surface area contributed by atoms with E-state index in [1.165, 1.54) is 55.6 Å². The second-order valence-corrected chi connectivity index (χ2v) is 15.9. The zero-order chi connectivity index (χ0) is 40.3. The summed E-state index contributed by atoms with van der Waals surface area (Å²) in [6.07, 6.45) is 0. The quantitative estimate of drug-likeness (QED) is 0.169. The average Bonchev–Trinajstić information content (AvgIpc) is 3.82. The summed E-state index contributed by atoms with van der Waals surface area (Å²) in [7, 11) is 0. The van der Waals surface area contributed by atoms with Crippen molar-refractivity contribution in [2.45, 2.75) is 5.41 Å². The lowest BCUT2D eigenvalue weighted by Gasteiger charge is -2.32. The van der Waals surface area contributed by atoms with E-state index < -0.39 is 5.41 Å². The molecule has 61 heavy (non-hydrogen) atoms. The van der Waals surface area contributed by atoms with Gasteiger partial charge in [0.25, 0.3) is 0 Å². The number of rotatable bonds is 6. The van der Waals surface area contributed by atoms with Gasteiger partial charge in [0.15, 0.2) is 17.5 Å². The molecule has 0 radical (unpaired) electrons. The Morgan fingerprint density at radius 2 is 0.607 bits per heavy atom. The topological polar surface area (TPSA) is 38.7 Å². The first-order chi connectivity index (χ1) is 30.3. The minimum absolute atomic E-state index is 0.433. The van der Waals surface area contributed by atoms with Gasteiger partial charge < -0.3 is 0 Å². The molecule has 284 valence electrons. The molecule has 0 saturated carbocycles. The standard InChI is InChI=1S/C58H37N3/c1-3-18-38(19-4-1)44-26-7-8-30-50(44)57-60-55(39-20-5-2-6-21-39)59-56(61-57)43-25-16-23-41(37-43)40-22-15-24-42(36-40)45-31-17-32-49-48-29-11-14-35-53(48)58(54(45)49)51-33-12-9-27-46(51)47-28-10-13-34-52(47)58/h1-37H. The molecule has 0 saturated heterocycles. The zero-order valence-electron chi connectivity index (χ0n) is 33.2. The molecule has 0 atom stereocenters. The summed E-state index contributed by atoms with van der Waals surface area (Å²) in [5.74, 6) is 1.90. The summed E-state index contributed by atoms with van der Waals surface area (Å²) < 4.78 is 0. The highest BCUT2D eigenvalue weighted by atomic mass is 15.0. The van der Waals surface area contributed by atoms with Crippen molar-refractivity contribution < 1.29 is 0 Å². The van der Waals surface area contributed by atoms with Gasteiger partial charge in [0.05, 0.1) is 5.41 Å². The van der Waals surface area contributed by atoms with E-state index in [2.05, 4.69) is 194 Å². The molecule has 0 N–H and O–H groups in total. The first-order valence-corrected chi connectivity index (χ1v) is 20.9. The van der Waals surface area contributed by atoms with Gasteiger partial charge in [0.2, 0.25) is 0 Å². The molecule has 2 aliphatic rings. The molecule has 1 heterocycles. The van der Waals surface area contributed by atoms with Crippen LogP contribution >= 0.6 is 0 Å². The van der Waals surface area contributed by atoms with Crippen LogP contribution < -0.4 is 0 Å². The summed E-state index contributed by atoms with van der Waals surface area (Å²) in [5, 5.41) is 0. The van der Waals surface area contributed by atoms with E-state index in [1.54, 1.807) is 0 Å². The van der Waals surface area contributed by atoms with Crippen molar-refractivity contribution >= 4 is 0 Å². The maximum absolute atomic E-state index is 5.20. The lowest BCUT2D eigenvalue weighted by Crippen LogP contribution is -2.26. The molecule has 0 fully saturated rings. The summed E-state index contributed by atoms with van der Waals surface area (Å²) in [6, 6.07) is 80.5. The SMILES string of the molecule is c1ccc(-c2nc(-c3cccc(-c4cccc(-c5cccc6c5C5(c7ccccc7-c7ccccc75)c5ccccc5-6)c4)c3)nc(-c3ccccc3-c3ccccc3)n2)cc1. The van der Waals surface area contributed by atoms with E-state index in [0.29, 0.717) is 17.5 Å². The third kappa shape index (κ3) is 5.48. The molecule has 0 unspecified atom stereocenters. The predicted octanol–water partition coefficient (Wildman–Crippen LogP) is 14.2. The molecule has 10 aromatic rings. The molecule has 3 heteroatoms. The fraction of sp³-hybridized carbons (Fsp3) is 0.0172. The molecule has 0 amide bonds. The van der Waals surface area contributed by atoms with Crippen LogP contribution in [0.25, 0.3) is 89.8 Å². The van der Waals surface area contributed by atoms with Crippen LogP contribution in [0, 0.1) is 0 Å². The minimum Gasteiger partial charge on any atom is -0.208 e. The van der Waals surface area contributed by atoms with E-state index in [4.69, 9.17) is 15.0 Å². The second kappa shape index (κ2) is 14.1. The Balaban J connectivity index is 1.00. The molecule has 2 aliphatic carbocycles. The van der Waals surface area contributed by atoms with Crippen LogP contribution in [-0.2, 0) is 5.41 Å². The van der Waals surface area contributed by atoms with E-state index in [9.17, 15) is 0 Å². The number of fused-ring (bicyclic) bond motifs is 10. The van der Waals surface area contributed by atoms with Gasteiger partial charge in [-0.25, -0.2) is 15.0 Å². The monoisotopic (exact) mass is 775 g/mol. The molecule has 1 spiro atoms. The molecule has 0 aliphatic heterocycles. The Kier molecular flexibility index (Phi) is 8.07. The van der Waals surface area contributed by atoms with Crippen molar-refractivity contribution in [2.75, 3.05) is 0 Å². The third-order valence-corrected chi connectivity index (χ3v) is 12.6. The van der Waals surface area contributed by atoms with Crippen LogP contribution in [-0.4, -0.2) is 15.0 Å². The van der Waals surface area contributed by atoms with Crippen LogP contribution in [0.3, 0.4) is 0 Å². The van der Waals surface area contributed by atoms with Crippen molar-refractivity contribution in [1.82, 2.24) is 15.0 Å². The molecule has 0 bridgehead atoms. The lowest BCUT2D eigenvalue weighted by atomic mass is 9.68. The molecule has 12 rings (SSSR count). The van der Waals surface area contributed by atoms with Crippen molar-refractivity contribution in [2.24, 2.45) is 0 Å². The predicted molar refractivity (Wildman–Crippen MR) is 249 cm³/mol. The summed E-state index contributed by atoms with van der Waals surface area (Å²) in [5.41, 5.74) is 19.8. The summed E-state index contributed by atoms with van der Waals surface area (Å²) >= 11 is 0. The van der Waals surface area contributed by atoms with Crippen LogP contribution in [0.15, 0.2) is 224 Å². The Morgan fingerprint density at radius 3 is 1.23 bits per heavy atom. The van der Waals surface area contributed by atoms with Gasteiger partial charge in [-0.2, -0.15) is 0 Å². The Bertz CT molecular complexity index is 3250. The number of hydrogen-bond donors (Lipinski definition) is 0. The van der Waals surface area contributed by atoms with Crippen molar-refractivity contribution in [3.05, 3.63) is 247 Å².